The number of hydrogen-bond acceptors (Lipinski definition) is 9. The van der Waals surface area contributed by atoms with Crippen LogP contribution < -0.4 is 5.32 Å². The average Bonchev–Trinajstić information content (AvgIpc) is 3.57. The van der Waals surface area contributed by atoms with Gasteiger partial charge >= 0.3 is 0 Å². The van der Waals surface area contributed by atoms with E-state index >= 15 is 0 Å². The molecule has 11 nitrogen and oxygen atoms in total. The Hall–Kier alpha value is -2.82. The Morgan fingerprint density at radius 3 is 1.76 bits per heavy atom. The molecule has 0 aliphatic carbocycles. The molecule has 0 aromatic heterocycles. The molecule has 45 heavy (non-hydrogen) atoms. The number of nitrogens with one attached hydrogen (secondary N) is 1. The smallest absolute Gasteiger partial charge is 0.269 e. The molecule has 0 bridgehead atoms. The summed E-state index contributed by atoms with van der Waals surface area (Å²) >= 11 is 0. The first-order valence-corrected chi connectivity index (χ1v) is 21.2. The van der Waals surface area contributed by atoms with Crippen LogP contribution in [0.1, 0.15) is 63.8 Å². The predicted octanol–water partition coefficient (Wildman–Crippen LogP) is 7.34. The molecule has 1 N–H and O–H groups in total. The molecule has 0 fully saturated rings. The topological polar surface area (TPSA) is 137 Å². The highest BCUT2D eigenvalue weighted by Gasteiger charge is 2.38. The monoisotopic (exact) mass is 660 g/mol. The lowest BCUT2D eigenvalue weighted by Gasteiger charge is -2.36. The fraction of sp³-hybridized carbons (Fsp3) is 0.594. The van der Waals surface area contributed by atoms with E-state index in [0.717, 1.165) is 56.7 Å². The number of carbonyl (C=O) groups is 1. The third-order valence-electron chi connectivity index (χ3n) is 9.22. The highest BCUT2D eigenvalue weighted by atomic mass is 28.4. The van der Waals surface area contributed by atoms with E-state index in [0.29, 0.717) is 0 Å². The molecule has 0 spiro atoms. The highest BCUT2D eigenvalue weighted by molar-refractivity contribution is 6.74. The van der Waals surface area contributed by atoms with Crippen molar-refractivity contribution in [1.29, 1.82) is 0 Å². The van der Waals surface area contributed by atoms with Gasteiger partial charge in [-0.3, -0.25) is 25.1 Å². The van der Waals surface area contributed by atoms with Crippen molar-refractivity contribution in [1.82, 2.24) is 10.2 Å². The van der Waals surface area contributed by atoms with E-state index in [1.165, 1.54) is 11.1 Å². The zero-order chi connectivity index (χ0) is 34.2. The highest BCUT2D eigenvalue weighted by Crippen LogP contribution is 2.37. The maximum atomic E-state index is 10.8. The van der Waals surface area contributed by atoms with Crippen molar-refractivity contribution in [3.63, 3.8) is 0 Å². The standard InChI is InChI=1S/C16H26N2O3Si.C8H8N2O2.C8H18O2Si/c1-16(2,3)22(4,5)21-9-8-17-11-13-6-7-15(18(19)20)10-14(13)12-17;11-10(12)8-2-1-6-4-9-5-7(6)3-8;1-8(2,3)11(4,5)10-7-6-9/h6-7,10H,8-9,11-12H2,1-5H3;1-3,9H,4-5H2;6H,7H2,1-5H3. The summed E-state index contributed by atoms with van der Waals surface area (Å²) in [5.41, 5.74) is 4.83. The van der Waals surface area contributed by atoms with Crippen LogP contribution in [-0.4, -0.2) is 57.4 Å². The second kappa shape index (κ2) is 15.7. The lowest BCUT2D eigenvalue weighted by atomic mass is 10.1. The van der Waals surface area contributed by atoms with E-state index in [9.17, 15) is 25.0 Å². The van der Waals surface area contributed by atoms with Crippen molar-refractivity contribution >= 4 is 34.3 Å². The van der Waals surface area contributed by atoms with Gasteiger partial charge in [0, 0.05) is 63.6 Å². The molecule has 2 aromatic rings. The molecule has 0 saturated carbocycles. The Morgan fingerprint density at radius 2 is 1.24 bits per heavy atom. The first kappa shape index (κ1) is 38.4. The molecule has 13 heteroatoms. The van der Waals surface area contributed by atoms with E-state index in [4.69, 9.17) is 8.85 Å². The van der Waals surface area contributed by atoms with Crippen LogP contribution in [0.4, 0.5) is 11.4 Å². The van der Waals surface area contributed by atoms with Crippen molar-refractivity contribution in [3.8, 4) is 0 Å². The van der Waals surface area contributed by atoms with E-state index in [1.54, 1.807) is 24.3 Å². The van der Waals surface area contributed by atoms with Crippen LogP contribution in [-0.2, 0) is 39.8 Å². The van der Waals surface area contributed by atoms with Gasteiger partial charge in [0.15, 0.2) is 16.6 Å². The molecule has 2 aliphatic heterocycles. The molecule has 0 unspecified atom stereocenters. The van der Waals surface area contributed by atoms with E-state index < -0.39 is 16.6 Å². The SMILES string of the molecule is CC(C)(C)[Si](C)(C)OCC=O.CC(C)(C)[Si](C)(C)OCCN1Cc2ccc([N+](=O)[O-])cc2C1.O=[N+]([O-])c1ccc2c(c1)CNC2. The number of nitro benzene ring substituents is 2. The minimum Gasteiger partial charge on any atom is -0.416 e. The largest absolute Gasteiger partial charge is 0.416 e. The maximum Gasteiger partial charge on any atom is 0.269 e. The number of aldehydes is 1. The molecule has 2 heterocycles. The van der Waals surface area contributed by atoms with Gasteiger partial charge in [-0.05, 0) is 58.5 Å². The summed E-state index contributed by atoms with van der Waals surface area (Å²) in [7, 11) is -3.35. The Balaban J connectivity index is 0.000000259. The molecule has 0 radical (unpaired) electrons. The number of non-ortho nitro benzene ring substituents is 2. The van der Waals surface area contributed by atoms with Crippen LogP contribution in [0.2, 0.25) is 36.3 Å². The molecule has 250 valence electrons. The van der Waals surface area contributed by atoms with Crippen molar-refractivity contribution < 1.29 is 23.5 Å². The second-order valence-electron chi connectivity index (χ2n) is 14.6. The van der Waals surface area contributed by atoms with Crippen molar-refractivity contribution in [2.45, 2.75) is 104 Å². The normalized spacial score (nSPS) is 14.8. The van der Waals surface area contributed by atoms with Crippen molar-refractivity contribution in [2.75, 3.05) is 19.8 Å². The predicted molar refractivity (Wildman–Crippen MR) is 183 cm³/mol. The summed E-state index contributed by atoms with van der Waals surface area (Å²) < 4.78 is 11.7. The zero-order valence-corrected chi connectivity index (χ0v) is 30.7. The molecule has 0 amide bonds. The molecule has 4 rings (SSSR count). The fourth-order valence-corrected chi connectivity index (χ4v) is 6.18. The minimum atomic E-state index is -1.70. The average molecular weight is 661 g/mol. The van der Waals surface area contributed by atoms with Gasteiger partial charge in [0.05, 0.1) is 16.5 Å². The van der Waals surface area contributed by atoms with Gasteiger partial charge in [-0.2, -0.15) is 0 Å². The molecular weight excluding hydrogens is 609 g/mol. The number of benzene rings is 2. The van der Waals surface area contributed by atoms with Gasteiger partial charge in [0.2, 0.25) is 0 Å². The van der Waals surface area contributed by atoms with Gasteiger partial charge in [-0.1, -0.05) is 53.7 Å². The first-order valence-electron chi connectivity index (χ1n) is 15.4. The number of nitrogens with zero attached hydrogens (tertiary/aromatic N) is 3. The van der Waals surface area contributed by atoms with E-state index in [2.05, 4.69) is 77.9 Å². The van der Waals surface area contributed by atoms with Crippen LogP contribution in [0.3, 0.4) is 0 Å². The van der Waals surface area contributed by atoms with Crippen LogP contribution >= 0.6 is 0 Å². The third-order valence-corrected chi connectivity index (χ3v) is 18.3. The molecule has 0 saturated heterocycles. The summed E-state index contributed by atoms with van der Waals surface area (Å²) in [6.45, 7) is 27.0. The van der Waals surface area contributed by atoms with Crippen LogP contribution in [0.15, 0.2) is 36.4 Å². The second-order valence-corrected chi connectivity index (χ2v) is 24.2. The van der Waals surface area contributed by atoms with Crippen LogP contribution in [0.5, 0.6) is 0 Å². The summed E-state index contributed by atoms with van der Waals surface area (Å²) in [6.07, 6.45) is 0.820. The lowest BCUT2D eigenvalue weighted by Crippen LogP contribution is -2.42. The Morgan fingerprint density at radius 1 is 0.778 bits per heavy atom. The number of rotatable bonds is 9. The summed E-state index contributed by atoms with van der Waals surface area (Å²) in [4.78, 5) is 32.9. The molecular formula is C32H52N4O7Si2. The third kappa shape index (κ3) is 11.2. The number of fused-ring (bicyclic) bond motifs is 2. The van der Waals surface area contributed by atoms with Crippen LogP contribution in [0, 0.1) is 20.2 Å². The number of nitro groups is 2. The minimum absolute atomic E-state index is 0.178. The Bertz CT molecular complexity index is 1340. The molecule has 0 atom stereocenters. The molecule has 2 aliphatic rings. The maximum absolute atomic E-state index is 10.8. The Kier molecular flexibility index (Phi) is 13.3. The summed E-state index contributed by atoms with van der Waals surface area (Å²) in [5, 5.41) is 24.8. The van der Waals surface area contributed by atoms with Gasteiger partial charge in [-0.15, -0.1) is 0 Å². The summed E-state index contributed by atoms with van der Waals surface area (Å²) in [5.74, 6) is 0. The number of hydrogen-bond donors (Lipinski definition) is 1. The van der Waals surface area contributed by atoms with Crippen LogP contribution in [0.25, 0.3) is 0 Å². The van der Waals surface area contributed by atoms with Crippen molar-refractivity contribution in [2.24, 2.45) is 0 Å². The quantitative estimate of drug-likeness (QED) is 0.127. The number of carbonyl (C=O) groups excluding carboxylic acids is 1. The van der Waals surface area contributed by atoms with Gasteiger partial charge in [0.25, 0.3) is 11.4 Å². The van der Waals surface area contributed by atoms with E-state index in [-0.39, 0.29) is 37.9 Å². The first-order chi connectivity index (χ1) is 20.7. The van der Waals surface area contributed by atoms with Gasteiger partial charge in [0.1, 0.15) is 6.29 Å². The Labute approximate surface area is 270 Å². The van der Waals surface area contributed by atoms with Crippen molar-refractivity contribution in [3.05, 3.63) is 78.9 Å². The van der Waals surface area contributed by atoms with E-state index in [1.807, 2.05) is 12.1 Å². The lowest BCUT2D eigenvalue weighted by molar-refractivity contribution is -0.385. The van der Waals surface area contributed by atoms with Gasteiger partial charge in [-0.25, -0.2) is 0 Å². The van der Waals surface area contributed by atoms with Gasteiger partial charge < -0.3 is 19.0 Å². The molecule has 2 aromatic carbocycles. The zero-order valence-electron chi connectivity index (χ0n) is 28.7. The summed E-state index contributed by atoms with van der Waals surface area (Å²) in [6, 6.07) is 10.2. The fourth-order valence-electron chi connectivity index (χ4n) is 4.22.